The summed E-state index contributed by atoms with van der Waals surface area (Å²) in [4.78, 5) is 15.3. The van der Waals surface area contributed by atoms with Crippen molar-refractivity contribution in [3.63, 3.8) is 0 Å². The van der Waals surface area contributed by atoms with Gasteiger partial charge >= 0.3 is 0 Å². The van der Waals surface area contributed by atoms with Crippen molar-refractivity contribution in [3.05, 3.63) is 12.7 Å². The number of carbonyl (C=O) groups is 1. The van der Waals surface area contributed by atoms with Gasteiger partial charge < -0.3 is 15.8 Å². The molecule has 0 bridgehead atoms. The van der Waals surface area contributed by atoms with Crippen molar-refractivity contribution in [2.75, 3.05) is 13.2 Å². The first-order chi connectivity index (χ1) is 9.24. The van der Waals surface area contributed by atoms with Gasteiger partial charge in [0.15, 0.2) is 0 Å². The Morgan fingerprint density at radius 2 is 2.21 bits per heavy atom. The zero-order chi connectivity index (χ0) is 13.5. The van der Waals surface area contributed by atoms with Crippen molar-refractivity contribution in [2.24, 2.45) is 5.73 Å². The molecule has 0 saturated heterocycles. The van der Waals surface area contributed by atoms with Gasteiger partial charge in [-0.05, 0) is 25.7 Å². The second kappa shape index (κ2) is 7.20. The highest BCUT2D eigenvalue weighted by atomic mass is 16.5. The van der Waals surface area contributed by atoms with E-state index in [0.29, 0.717) is 25.3 Å². The lowest BCUT2D eigenvalue weighted by atomic mass is 9.94. The minimum absolute atomic E-state index is 0.0835. The smallest absolute Gasteiger partial charge is 0.241 e. The number of ether oxygens (including phenoxy) is 1. The number of nitrogens with two attached hydrogens (primary N) is 1. The van der Waals surface area contributed by atoms with Gasteiger partial charge in [-0.25, -0.2) is 9.67 Å². The number of aromatic nitrogens is 3. The fourth-order valence-corrected chi connectivity index (χ4v) is 2.19. The summed E-state index contributed by atoms with van der Waals surface area (Å²) in [6.45, 7) is 1.26. The van der Waals surface area contributed by atoms with Gasteiger partial charge in [-0.1, -0.05) is 0 Å². The van der Waals surface area contributed by atoms with Crippen LogP contribution >= 0.6 is 0 Å². The third kappa shape index (κ3) is 4.96. The second-order valence-electron chi connectivity index (χ2n) is 4.85. The van der Waals surface area contributed by atoms with Crippen LogP contribution in [-0.2, 0) is 16.1 Å². The molecule has 1 heterocycles. The average molecular weight is 267 g/mol. The Hall–Kier alpha value is -1.47. The topological polar surface area (TPSA) is 95.1 Å². The SMILES string of the molecule is NC1CCC(OCCNC(=O)Cn2cncn2)CC1. The maximum Gasteiger partial charge on any atom is 0.241 e. The lowest BCUT2D eigenvalue weighted by molar-refractivity contribution is -0.122. The molecule has 7 heteroatoms. The first-order valence-electron chi connectivity index (χ1n) is 6.70. The van der Waals surface area contributed by atoms with Gasteiger partial charge in [0.25, 0.3) is 0 Å². The molecule has 2 rings (SSSR count). The largest absolute Gasteiger partial charge is 0.376 e. The molecule has 0 atom stereocenters. The lowest BCUT2D eigenvalue weighted by Gasteiger charge is -2.26. The van der Waals surface area contributed by atoms with Crippen molar-refractivity contribution in [3.8, 4) is 0 Å². The molecule has 19 heavy (non-hydrogen) atoms. The first-order valence-corrected chi connectivity index (χ1v) is 6.70. The van der Waals surface area contributed by atoms with E-state index in [2.05, 4.69) is 15.4 Å². The number of hydrogen-bond donors (Lipinski definition) is 2. The molecule has 1 fully saturated rings. The van der Waals surface area contributed by atoms with Gasteiger partial charge in [-0.15, -0.1) is 0 Å². The maximum absolute atomic E-state index is 11.5. The summed E-state index contributed by atoms with van der Waals surface area (Å²) in [5.41, 5.74) is 5.83. The van der Waals surface area contributed by atoms with Crippen LogP contribution in [-0.4, -0.2) is 46.0 Å². The van der Waals surface area contributed by atoms with Crippen LogP contribution in [0.1, 0.15) is 25.7 Å². The molecule has 0 unspecified atom stereocenters. The number of amides is 1. The third-order valence-corrected chi connectivity index (χ3v) is 3.27. The molecule has 106 valence electrons. The summed E-state index contributed by atoms with van der Waals surface area (Å²) in [7, 11) is 0. The summed E-state index contributed by atoms with van der Waals surface area (Å²) in [6.07, 6.45) is 7.33. The van der Waals surface area contributed by atoms with E-state index in [1.54, 1.807) is 0 Å². The lowest BCUT2D eigenvalue weighted by Crippen LogP contribution is -2.34. The molecule has 1 aromatic rings. The molecule has 1 aromatic heterocycles. The molecule has 1 aliphatic rings. The molecule has 0 aromatic carbocycles. The standard InChI is InChI=1S/C12H21N5O2/c13-10-1-3-11(4-2-10)19-6-5-15-12(18)7-17-9-14-8-16-17/h8-11H,1-7,13H2,(H,15,18). The zero-order valence-electron chi connectivity index (χ0n) is 11.0. The molecule has 1 aliphatic carbocycles. The van der Waals surface area contributed by atoms with Crippen molar-refractivity contribution in [1.82, 2.24) is 20.1 Å². The molecule has 7 nitrogen and oxygen atoms in total. The fourth-order valence-electron chi connectivity index (χ4n) is 2.19. The molecule has 1 amide bonds. The van der Waals surface area contributed by atoms with Crippen LogP contribution in [0, 0.1) is 0 Å². The van der Waals surface area contributed by atoms with Crippen molar-refractivity contribution < 1.29 is 9.53 Å². The number of nitrogens with one attached hydrogen (secondary N) is 1. The molecule has 1 saturated carbocycles. The van der Waals surface area contributed by atoms with Gasteiger partial charge in [0.05, 0.1) is 12.7 Å². The van der Waals surface area contributed by atoms with Crippen molar-refractivity contribution in [2.45, 2.75) is 44.4 Å². The second-order valence-corrected chi connectivity index (χ2v) is 4.85. The number of carbonyl (C=O) groups excluding carboxylic acids is 1. The van der Waals surface area contributed by atoms with E-state index in [9.17, 15) is 4.79 Å². The van der Waals surface area contributed by atoms with E-state index >= 15 is 0 Å². The molecule has 3 N–H and O–H groups in total. The number of nitrogens with zero attached hydrogens (tertiary/aromatic N) is 3. The van der Waals surface area contributed by atoms with Crippen molar-refractivity contribution in [1.29, 1.82) is 0 Å². The van der Waals surface area contributed by atoms with Crippen LogP contribution in [0.5, 0.6) is 0 Å². The van der Waals surface area contributed by atoms with Crippen LogP contribution in [0.2, 0.25) is 0 Å². The highest BCUT2D eigenvalue weighted by Gasteiger charge is 2.18. The summed E-state index contributed by atoms with van der Waals surface area (Å²) < 4.78 is 7.20. The minimum Gasteiger partial charge on any atom is -0.376 e. The Balaban J connectivity index is 1.53. The van der Waals surface area contributed by atoms with Crippen LogP contribution in [0.15, 0.2) is 12.7 Å². The van der Waals surface area contributed by atoms with Crippen LogP contribution < -0.4 is 11.1 Å². The summed E-state index contributed by atoms with van der Waals surface area (Å²) in [6, 6.07) is 0.335. The van der Waals surface area contributed by atoms with Gasteiger partial charge in [-0.2, -0.15) is 5.10 Å². The maximum atomic E-state index is 11.5. The summed E-state index contributed by atoms with van der Waals surface area (Å²) in [5, 5.41) is 6.66. The predicted octanol–water partition coefficient (Wildman–Crippen LogP) is -0.319. The normalized spacial score (nSPS) is 23.2. The van der Waals surface area contributed by atoms with Gasteiger partial charge in [0.1, 0.15) is 19.2 Å². The van der Waals surface area contributed by atoms with Gasteiger partial charge in [-0.3, -0.25) is 4.79 Å². The first kappa shape index (κ1) is 14.0. The quantitative estimate of drug-likeness (QED) is 0.689. The Kier molecular flexibility index (Phi) is 5.29. The van der Waals surface area contributed by atoms with E-state index < -0.39 is 0 Å². The Bertz CT molecular complexity index is 373. The summed E-state index contributed by atoms with van der Waals surface area (Å²) >= 11 is 0. The van der Waals surface area contributed by atoms with Gasteiger partial charge in [0.2, 0.25) is 5.91 Å². The predicted molar refractivity (Wildman–Crippen MR) is 69.2 cm³/mol. The summed E-state index contributed by atoms with van der Waals surface area (Å²) in [5.74, 6) is -0.0835. The van der Waals surface area contributed by atoms with E-state index in [1.165, 1.54) is 17.3 Å². The van der Waals surface area contributed by atoms with Gasteiger partial charge in [0, 0.05) is 12.6 Å². The van der Waals surface area contributed by atoms with Crippen LogP contribution in [0.3, 0.4) is 0 Å². The van der Waals surface area contributed by atoms with E-state index in [1.807, 2.05) is 0 Å². The molecule has 0 radical (unpaired) electrons. The third-order valence-electron chi connectivity index (χ3n) is 3.27. The Morgan fingerprint density at radius 3 is 2.89 bits per heavy atom. The fraction of sp³-hybridized carbons (Fsp3) is 0.750. The monoisotopic (exact) mass is 267 g/mol. The highest BCUT2D eigenvalue weighted by Crippen LogP contribution is 2.19. The molecular formula is C12H21N5O2. The number of rotatable bonds is 6. The van der Waals surface area contributed by atoms with Crippen LogP contribution in [0.4, 0.5) is 0 Å². The van der Waals surface area contributed by atoms with E-state index in [0.717, 1.165) is 25.7 Å². The Morgan fingerprint density at radius 1 is 1.42 bits per heavy atom. The Labute approximate surface area is 112 Å². The van der Waals surface area contributed by atoms with Crippen molar-refractivity contribution >= 4 is 5.91 Å². The van der Waals surface area contributed by atoms with E-state index in [-0.39, 0.29) is 12.5 Å². The van der Waals surface area contributed by atoms with E-state index in [4.69, 9.17) is 10.5 Å². The minimum atomic E-state index is -0.0835. The zero-order valence-corrected chi connectivity index (χ0v) is 11.0. The number of hydrogen-bond acceptors (Lipinski definition) is 5. The average Bonchev–Trinajstić information content (AvgIpc) is 2.89. The molecule has 0 spiro atoms. The van der Waals surface area contributed by atoms with Crippen LogP contribution in [0.25, 0.3) is 0 Å². The highest BCUT2D eigenvalue weighted by molar-refractivity contribution is 5.75. The molecular weight excluding hydrogens is 246 g/mol. The molecule has 0 aliphatic heterocycles.